The Bertz CT molecular complexity index is 1840. The van der Waals surface area contributed by atoms with Gasteiger partial charge in [-0.05, 0) is 56.4 Å². The summed E-state index contributed by atoms with van der Waals surface area (Å²) in [5, 5.41) is 8.36. The molecule has 5 aromatic carbocycles. The molecule has 4 heteroatoms. The van der Waals surface area contributed by atoms with Crippen LogP contribution in [0.15, 0.2) is 144 Å². The molecule has 0 amide bonds. The SMILES string of the molecule is c1cncc(-c2ccc(C3N=C(c4ccc5ccccc5c4)N=C(c4ccc5ccccc5c4)N3)cc2)c1. The number of pyridine rings is 1. The highest BCUT2D eigenvalue weighted by Crippen LogP contribution is 2.27. The highest BCUT2D eigenvalue weighted by molar-refractivity contribution is 6.14. The topological polar surface area (TPSA) is 49.6 Å². The van der Waals surface area contributed by atoms with Gasteiger partial charge in [0.25, 0.3) is 0 Å². The van der Waals surface area contributed by atoms with Crippen LogP contribution in [0.5, 0.6) is 0 Å². The molecule has 38 heavy (non-hydrogen) atoms. The Morgan fingerprint density at radius 2 is 1.16 bits per heavy atom. The Morgan fingerprint density at radius 1 is 0.526 bits per heavy atom. The summed E-state index contributed by atoms with van der Waals surface area (Å²) >= 11 is 0. The van der Waals surface area contributed by atoms with E-state index in [1.807, 2.05) is 12.3 Å². The van der Waals surface area contributed by atoms with Crippen molar-refractivity contribution in [1.29, 1.82) is 0 Å². The molecule has 1 unspecified atom stereocenters. The molecule has 0 bridgehead atoms. The van der Waals surface area contributed by atoms with Crippen LogP contribution in [0, 0.1) is 0 Å². The molecular weight excluding hydrogens is 464 g/mol. The molecule has 2 heterocycles. The lowest BCUT2D eigenvalue weighted by Gasteiger charge is -2.24. The molecule has 0 aliphatic carbocycles. The summed E-state index contributed by atoms with van der Waals surface area (Å²) in [6.07, 6.45) is 3.41. The molecule has 0 spiro atoms. The predicted octanol–water partition coefficient (Wildman–Crippen LogP) is 7.55. The van der Waals surface area contributed by atoms with E-state index in [1.54, 1.807) is 6.20 Å². The van der Waals surface area contributed by atoms with Crippen LogP contribution in [-0.4, -0.2) is 16.7 Å². The third-order valence-electron chi connectivity index (χ3n) is 6.99. The lowest BCUT2D eigenvalue weighted by atomic mass is 10.0. The van der Waals surface area contributed by atoms with Crippen LogP contribution in [0.3, 0.4) is 0 Å². The van der Waals surface area contributed by atoms with Crippen molar-refractivity contribution >= 4 is 33.2 Å². The molecule has 1 aliphatic rings. The number of amidine groups is 2. The van der Waals surface area contributed by atoms with E-state index in [-0.39, 0.29) is 6.17 Å². The van der Waals surface area contributed by atoms with E-state index in [0.29, 0.717) is 0 Å². The van der Waals surface area contributed by atoms with E-state index >= 15 is 0 Å². The van der Waals surface area contributed by atoms with Gasteiger partial charge in [-0.3, -0.25) is 4.98 Å². The molecule has 1 atom stereocenters. The second-order valence-electron chi connectivity index (χ2n) is 9.45. The molecule has 180 valence electrons. The quantitative estimate of drug-likeness (QED) is 0.278. The highest BCUT2D eigenvalue weighted by Gasteiger charge is 2.21. The minimum Gasteiger partial charge on any atom is -0.344 e. The van der Waals surface area contributed by atoms with Crippen molar-refractivity contribution in [1.82, 2.24) is 10.3 Å². The van der Waals surface area contributed by atoms with Gasteiger partial charge in [-0.25, -0.2) is 9.98 Å². The van der Waals surface area contributed by atoms with Crippen molar-refractivity contribution in [2.75, 3.05) is 0 Å². The molecule has 7 rings (SSSR count). The maximum atomic E-state index is 5.08. The van der Waals surface area contributed by atoms with E-state index in [2.05, 4.69) is 126 Å². The van der Waals surface area contributed by atoms with E-state index < -0.39 is 0 Å². The molecule has 0 saturated heterocycles. The van der Waals surface area contributed by atoms with Crippen molar-refractivity contribution < 1.29 is 0 Å². The fourth-order valence-corrected chi connectivity index (χ4v) is 4.95. The summed E-state index contributed by atoms with van der Waals surface area (Å²) in [5.41, 5.74) is 5.33. The lowest BCUT2D eigenvalue weighted by molar-refractivity contribution is 0.674. The third kappa shape index (κ3) is 4.22. The first-order valence-electron chi connectivity index (χ1n) is 12.7. The minimum atomic E-state index is -0.265. The first-order valence-corrected chi connectivity index (χ1v) is 12.7. The van der Waals surface area contributed by atoms with Gasteiger partial charge in [0.1, 0.15) is 12.0 Å². The second kappa shape index (κ2) is 9.41. The largest absolute Gasteiger partial charge is 0.344 e. The highest BCUT2D eigenvalue weighted by atomic mass is 15.2. The number of aromatic nitrogens is 1. The Hall–Kier alpha value is -5.09. The summed E-state index contributed by atoms with van der Waals surface area (Å²) in [5.74, 6) is 1.54. The Balaban J connectivity index is 1.31. The predicted molar refractivity (Wildman–Crippen MR) is 157 cm³/mol. The van der Waals surface area contributed by atoms with Crippen LogP contribution < -0.4 is 5.32 Å². The fraction of sp³-hybridized carbons (Fsp3) is 0.0294. The maximum Gasteiger partial charge on any atom is 0.159 e. The molecule has 0 saturated carbocycles. The van der Waals surface area contributed by atoms with Crippen molar-refractivity contribution in [2.24, 2.45) is 9.98 Å². The fourth-order valence-electron chi connectivity index (χ4n) is 4.95. The van der Waals surface area contributed by atoms with Gasteiger partial charge in [0.2, 0.25) is 0 Å². The van der Waals surface area contributed by atoms with Gasteiger partial charge in [0.15, 0.2) is 5.84 Å². The first kappa shape index (κ1) is 22.1. The van der Waals surface area contributed by atoms with Crippen LogP contribution in [0.1, 0.15) is 22.9 Å². The summed E-state index contributed by atoms with van der Waals surface area (Å²) in [6, 6.07) is 42.2. The van der Waals surface area contributed by atoms with E-state index in [9.17, 15) is 0 Å². The molecule has 1 aliphatic heterocycles. The van der Waals surface area contributed by atoms with E-state index in [1.165, 1.54) is 21.5 Å². The first-order chi connectivity index (χ1) is 18.8. The summed E-state index contributed by atoms with van der Waals surface area (Å²) in [6.45, 7) is 0. The van der Waals surface area contributed by atoms with Gasteiger partial charge in [-0.1, -0.05) is 103 Å². The van der Waals surface area contributed by atoms with E-state index in [0.717, 1.165) is 39.5 Å². The molecule has 6 aromatic rings. The van der Waals surface area contributed by atoms with E-state index in [4.69, 9.17) is 9.98 Å². The van der Waals surface area contributed by atoms with Crippen LogP contribution >= 0.6 is 0 Å². The van der Waals surface area contributed by atoms with Crippen LogP contribution in [0.2, 0.25) is 0 Å². The molecular formula is C34H24N4. The monoisotopic (exact) mass is 488 g/mol. The summed E-state index contributed by atoms with van der Waals surface area (Å²) in [7, 11) is 0. The smallest absolute Gasteiger partial charge is 0.159 e. The Morgan fingerprint density at radius 3 is 1.84 bits per heavy atom. The van der Waals surface area contributed by atoms with Crippen LogP contribution in [0.25, 0.3) is 32.7 Å². The van der Waals surface area contributed by atoms with Gasteiger partial charge >= 0.3 is 0 Å². The molecule has 0 fully saturated rings. The number of fused-ring (bicyclic) bond motifs is 2. The normalized spacial score (nSPS) is 15.1. The number of hydrogen-bond donors (Lipinski definition) is 1. The zero-order chi connectivity index (χ0) is 25.3. The molecule has 0 radical (unpaired) electrons. The van der Waals surface area contributed by atoms with Gasteiger partial charge in [0.05, 0.1) is 0 Å². The maximum absolute atomic E-state index is 5.08. The minimum absolute atomic E-state index is 0.265. The third-order valence-corrected chi connectivity index (χ3v) is 6.99. The number of hydrogen-bond acceptors (Lipinski definition) is 4. The molecule has 1 N–H and O–H groups in total. The number of benzene rings is 5. The Labute approximate surface area is 221 Å². The van der Waals surface area contributed by atoms with Crippen LogP contribution in [0.4, 0.5) is 0 Å². The zero-order valence-electron chi connectivity index (χ0n) is 20.6. The van der Waals surface area contributed by atoms with Crippen molar-refractivity contribution in [3.05, 3.63) is 150 Å². The van der Waals surface area contributed by atoms with Crippen molar-refractivity contribution in [2.45, 2.75) is 6.17 Å². The van der Waals surface area contributed by atoms with Gasteiger partial charge in [0, 0.05) is 23.5 Å². The summed E-state index contributed by atoms with van der Waals surface area (Å²) < 4.78 is 0. The average molecular weight is 489 g/mol. The van der Waals surface area contributed by atoms with Gasteiger partial charge in [-0.15, -0.1) is 0 Å². The molecule has 4 nitrogen and oxygen atoms in total. The second-order valence-corrected chi connectivity index (χ2v) is 9.45. The zero-order valence-corrected chi connectivity index (χ0v) is 20.6. The van der Waals surface area contributed by atoms with Crippen molar-refractivity contribution in [3.8, 4) is 11.1 Å². The lowest BCUT2D eigenvalue weighted by Crippen LogP contribution is -2.33. The van der Waals surface area contributed by atoms with Crippen molar-refractivity contribution in [3.63, 3.8) is 0 Å². The summed E-state index contributed by atoms with van der Waals surface area (Å²) in [4.78, 5) is 14.4. The van der Waals surface area contributed by atoms with Gasteiger partial charge in [-0.2, -0.15) is 0 Å². The van der Waals surface area contributed by atoms with Crippen LogP contribution in [-0.2, 0) is 0 Å². The standard InChI is InChI=1S/C34H24N4/c1-3-8-27-20-29(17-13-23(27)6-1)33-36-32(26-15-11-25(12-16-26)31-10-5-19-35-22-31)37-34(38-33)30-18-14-24-7-2-4-9-28(24)21-30/h1-22,32H,(H,36,37,38). The molecule has 1 aromatic heterocycles. The Kier molecular flexibility index (Phi) is 5.48. The number of rotatable bonds is 4. The average Bonchev–Trinajstić information content (AvgIpc) is 3.01. The number of aliphatic imine (C=N–C) groups is 2. The van der Waals surface area contributed by atoms with Gasteiger partial charge < -0.3 is 5.32 Å². The number of nitrogens with zero attached hydrogens (tertiary/aromatic N) is 3. The number of nitrogens with one attached hydrogen (secondary N) is 1.